The van der Waals surface area contributed by atoms with Crippen molar-refractivity contribution in [3.63, 3.8) is 0 Å². The van der Waals surface area contributed by atoms with Crippen LogP contribution in [0.5, 0.6) is 0 Å². The van der Waals surface area contributed by atoms with Crippen LogP contribution < -0.4 is 5.30 Å². The third kappa shape index (κ3) is 2.84. The molecule has 0 aliphatic rings. The molecule has 0 aromatic heterocycles. The smallest absolute Gasteiger partial charge is 0.258 e. The van der Waals surface area contributed by atoms with Crippen LogP contribution in [0.1, 0.15) is 12.5 Å². The van der Waals surface area contributed by atoms with Crippen LogP contribution in [0.3, 0.4) is 0 Å². The Bertz CT molecular complexity index is 449. The number of aryl methyl sites for hydroxylation is 1. The topological polar surface area (TPSA) is 69.4 Å². The van der Waals surface area contributed by atoms with E-state index in [9.17, 15) is 14.7 Å². The van der Waals surface area contributed by atoms with Gasteiger partial charge in [0.05, 0.1) is 4.92 Å². The van der Waals surface area contributed by atoms with Gasteiger partial charge in [0.25, 0.3) is 0 Å². The molecule has 0 saturated heterocycles. The van der Waals surface area contributed by atoms with Gasteiger partial charge in [-0.3, -0.25) is 10.1 Å². The fourth-order valence-electron chi connectivity index (χ4n) is 1.14. The van der Waals surface area contributed by atoms with Crippen molar-refractivity contribution >= 4 is 34.9 Å². The number of hydrogen-bond acceptors (Lipinski definition) is 4. The van der Waals surface area contributed by atoms with Gasteiger partial charge in [-0.05, 0) is 24.0 Å². The third-order valence-electron chi connectivity index (χ3n) is 1.90. The van der Waals surface area contributed by atoms with E-state index in [1.165, 1.54) is 12.1 Å². The van der Waals surface area contributed by atoms with Gasteiger partial charge in [-0.15, -0.1) is 4.52 Å². The van der Waals surface area contributed by atoms with Gasteiger partial charge in [-0.1, -0.05) is 15.9 Å². The number of hydrogen-bond donors (Lipinski definition) is 0. The second-order valence-corrected chi connectivity index (χ2v) is 5.13. The van der Waals surface area contributed by atoms with E-state index in [0.717, 1.165) is 5.56 Å². The molecule has 1 atom stereocenters. The number of benzene rings is 1. The summed E-state index contributed by atoms with van der Waals surface area (Å²) in [4.78, 5) is 10.2. The van der Waals surface area contributed by atoms with E-state index < -0.39 is 13.0 Å². The first kappa shape index (κ1) is 13.2. The summed E-state index contributed by atoms with van der Waals surface area (Å²) in [6.07, 6.45) is 0. The minimum Gasteiger partial charge on any atom is -0.258 e. The highest BCUT2D eigenvalue weighted by Gasteiger charge is 2.33. The van der Waals surface area contributed by atoms with Gasteiger partial charge in [-0.25, -0.2) is 0 Å². The van der Waals surface area contributed by atoms with Crippen molar-refractivity contribution in [2.75, 3.05) is 6.61 Å². The lowest BCUT2D eigenvalue weighted by atomic mass is 10.2. The zero-order chi connectivity index (χ0) is 12.3. The van der Waals surface area contributed by atoms with Crippen LogP contribution in [0.4, 0.5) is 5.69 Å². The van der Waals surface area contributed by atoms with Crippen LogP contribution >= 0.6 is 24.0 Å². The monoisotopic (exact) mass is 306 g/mol. The highest BCUT2D eigenvalue weighted by molar-refractivity contribution is 9.10. The van der Waals surface area contributed by atoms with Crippen LogP contribution in [-0.4, -0.2) is 11.5 Å². The quantitative estimate of drug-likeness (QED) is 0.487. The van der Waals surface area contributed by atoms with Crippen molar-refractivity contribution < 1.29 is 14.0 Å². The molecular formula is C9H10BrNO4P+. The molecule has 0 aliphatic carbocycles. The Labute approximate surface area is 102 Å². The molecule has 5 nitrogen and oxygen atoms in total. The van der Waals surface area contributed by atoms with E-state index in [-0.39, 0.29) is 17.6 Å². The molecule has 1 aromatic carbocycles. The summed E-state index contributed by atoms with van der Waals surface area (Å²) >= 11 is 3.24. The van der Waals surface area contributed by atoms with Gasteiger partial charge < -0.3 is 0 Å². The molecule has 0 saturated carbocycles. The van der Waals surface area contributed by atoms with Crippen molar-refractivity contribution in [1.82, 2.24) is 0 Å². The Morgan fingerprint density at radius 2 is 2.19 bits per heavy atom. The molecule has 7 heteroatoms. The summed E-state index contributed by atoms with van der Waals surface area (Å²) in [5, 5.41) is 10.9. The average Bonchev–Trinajstić information content (AvgIpc) is 2.21. The molecule has 0 amide bonds. The zero-order valence-corrected chi connectivity index (χ0v) is 11.2. The number of rotatable bonds is 4. The van der Waals surface area contributed by atoms with Crippen molar-refractivity contribution in [3.8, 4) is 0 Å². The molecule has 0 fully saturated rings. The van der Waals surface area contributed by atoms with E-state index in [2.05, 4.69) is 15.9 Å². The highest BCUT2D eigenvalue weighted by Crippen LogP contribution is 2.30. The van der Waals surface area contributed by atoms with E-state index >= 15 is 0 Å². The fraction of sp³-hybridized carbons (Fsp3) is 0.333. The van der Waals surface area contributed by atoms with Crippen LogP contribution in [-0.2, 0) is 9.09 Å². The first-order valence-corrected chi connectivity index (χ1v) is 6.49. The van der Waals surface area contributed by atoms with E-state index in [1.54, 1.807) is 13.8 Å². The first-order chi connectivity index (χ1) is 7.47. The summed E-state index contributed by atoms with van der Waals surface area (Å²) in [6, 6.07) is 2.85. The lowest BCUT2D eigenvalue weighted by Gasteiger charge is -1.98. The molecule has 1 aromatic rings. The maximum atomic E-state index is 11.6. The van der Waals surface area contributed by atoms with Crippen LogP contribution in [0, 0.1) is 17.0 Å². The molecule has 86 valence electrons. The molecule has 1 rings (SSSR count). The largest absolute Gasteiger partial charge is 0.556 e. The number of nitrogens with zero attached hydrogens (tertiary/aromatic N) is 1. The summed E-state index contributed by atoms with van der Waals surface area (Å²) in [5.74, 6) is 0. The Morgan fingerprint density at radius 3 is 2.69 bits per heavy atom. The maximum absolute atomic E-state index is 11.6. The normalized spacial score (nSPS) is 11.3. The van der Waals surface area contributed by atoms with E-state index in [0.29, 0.717) is 4.47 Å². The molecule has 0 heterocycles. The Hall–Kier alpha value is -0.840. The number of nitro benzene ring substituents is 1. The second-order valence-electron chi connectivity index (χ2n) is 3.02. The fourth-order valence-corrected chi connectivity index (χ4v) is 2.60. The molecule has 0 radical (unpaired) electrons. The average molecular weight is 307 g/mol. The Balaban J connectivity index is 3.30. The van der Waals surface area contributed by atoms with Gasteiger partial charge in [-0.2, -0.15) is 0 Å². The summed E-state index contributed by atoms with van der Waals surface area (Å²) in [7, 11) is -2.18. The lowest BCUT2D eigenvalue weighted by molar-refractivity contribution is -0.383. The predicted octanol–water partition coefficient (Wildman–Crippen LogP) is 3.07. The minimum absolute atomic E-state index is 0.110. The SMILES string of the molecule is CCO[P+](=O)c1cc(Br)c(C)cc1[N+](=O)[O-]. The standard InChI is InChI=1S/C9H10BrNO4P/c1-3-15-16(14)9-5-7(10)6(2)4-8(9)11(12)13/h4-5H,3H2,1-2H3/q+1. The van der Waals surface area contributed by atoms with Crippen LogP contribution in [0.15, 0.2) is 16.6 Å². The van der Waals surface area contributed by atoms with Crippen molar-refractivity contribution in [2.24, 2.45) is 0 Å². The van der Waals surface area contributed by atoms with E-state index in [4.69, 9.17) is 4.52 Å². The van der Waals surface area contributed by atoms with Crippen LogP contribution in [0.2, 0.25) is 0 Å². The summed E-state index contributed by atoms with van der Waals surface area (Å²) in [6.45, 7) is 3.66. The second kappa shape index (κ2) is 5.48. The lowest BCUT2D eigenvalue weighted by Crippen LogP contribution is -2.07. The van der Waals surface area contributed by atoms with Gasteiger partial charge in [0.1, 0.15) is 6.61 Å². The number of nitro groups is 1. The van der Waals surface area contributed by atoms with E-state index in [1.807, 2.05) is 0 Å². The first-order valence-electron chi connectivity index (χ1n) is 4.52. The summed E-state index contributed by atoms with van der Waals surface area (Å²) < 4.78 is 17.2. The van der Waals surface area contributed by atoms with Crippen molar-refractivity contribution in [1.29, 1.82) is 0 Å². The summed E-state index contributed by atoms with van der Waals surface area (Å²) in [5.41, 5.74) is 0.547. The molecule has 1 unspecified atom stereocenters. The van der Waals surface area contributed by atoms with Crippen LogP contribution in [0.25, 0.3) is 0 Å². The Morgan fingerprint density at radius 1 is 1.56 bits per heavy atom. The van der Waals surface area contributed by atoms with Gasteiger partial charge in [0.15, 0.2) is 0 Å². The predicted molar refractivity (Wildman–Crippen MR) is 64.4 cm³/mol. The van der Waals surface area contributed by atoms with Crippen molar-refractivity contribution in [3.05, 3.63) is 32.3 Å². The van der Waals surface area contributed by atoms with Gasteiger partial charge >= 0.3 is 19.0 Å². The van der Waals surface area contributed by atoms with Gasteiger partial charge in [0.2, 0.25) is 0 Å². The highest BCUT2D eigenvalue weighted by atomic mass is 79.9. The third-order valence-corrected chi connectivity index (χ3v) is 3.99. The Kier molecular flexibility index (Phi) is 4.53. The molecule has 0 aliphatic heterocycles. The van der Waals surface area contributed by atoms with Gasteiger partial charge in [0, 0.05) is 16.6 Å². The molecule has 0 spiro atoms. The molecule has 0 N–H and O–H groups in total. The zero-order valence-electron chi connectivity index (χ0n) is 8.77. The minimum atomic E-state index is -2.18. The maximum Gasteiger partial charge on any atom is 0.556 e. The molecular weight excluding hydrogens is 297 g/mol. The van der Waals surface area contributed by atoms with Crippen molar-refractivity contribution in [2.45, 2.75) is 13.8 Å². The molecule has 16 heavy (non-hydrogen) atoms. The molecule has 0 bridgehead atoms. The number of halogens is 1.